The van der Waals surface area contributed by atoms with Crippen molar-refractivity contribution in [1.82, 2.24) is 15.5 Å². The van der Waals surface area contributed by atoms with Crippen LogP contribution in [0.2, 0.25) is 0 Å². The SMILES string of the molecule is CCOC(=O)C1=C(CN2CCC(C)CC2)NC(=O)NC1c1cccc(OC)c1. The number of piperidine rings is 1. The van der Waals surface area contributed by atoms with Gasteiger partial charge >= 0.3 is 12.0 Å². The van der Waals surface area contributed by atoms with Crippen molar-refractivity contribution in [2.24, 2.45) is 5.92 Å². The Balaban J connectivity index is 1.96. The maximum Gasteiger partial charge on any atom is 0.338 e. The molecule has 2 aliphatic heterocycles. The fraction of sp³-hybridized carbons (Fsp3) is 0.524. The average Bonchev–Trinajstić information content (AvgIpc) is 2.69. The first kappa shape index (κ1) is 20.2. The molecule has 2 N–H and O–H groups in total. The van der Waals surface area contributed by atoms with Crippen molar-refractivity contribution in [2.75, 3.05) is 33.4 Å². The highest BCUT2D eigenvalue weighted by Crippen LogP contribution is 2.30. The molecule has 152 valence electrons. The number of esters is 1. The van der Waals surface area contributed by atoms with Gasteiger partial charge in [-0.15, -0.1) is 0 Å². The van der Waals surface area contributed by atoms with E-state index in [0.29, 0.717) is 29.5 Å². The third-order valence-electron chi connectivity index (χ3n) is 5.33. The second-order valence-corrected chi connectivity index (χ2v) is 7.38. The van der Waals surface area contributed by atoms with Crippen LogP contribution in [0.3, 0.4) is 0 Å². The van der Waals surface area contributed by atoms with Crippen molar-refractivity contribution in [1.29, 1.82) is 0 Å². The highest BCUT2D eigenvalue weighted by Gasteiger charge is 2.34. The van der Waals surface area contributed by atoms with Crippen LogP contribution in [0.5, 0.6) is 5.75 Å². The predicted octanol–water partition coefficient (Wildman–Crippen LogP) is 2.60. The zero-order valence-electron chi connectivity index (χ0n) is 16.8. The van der Waals surface area contributed by atoms with Crippen LogP contribution in [-0.4, -0.2) is 50.3 Å². The van der Waals surface area contributed by atoms with Gasteiger partial charge in [0.25, 0.3) is 0 Å². The zero-order chi connectivity index (χ0) is 20.1. The number of rotatable bonds is 6. The smallest absolute Gasteiger partial charge is 0.338 e. The molecule has 1 unspecified atom stereocenters. The number of methoxy groups -OCH3 is 1. The lowest BCUT2D eigenvalue weighted by Gasteiger charge is -2.34. The molecular weight excluding hydrogens is 358 g/mol. The number of hydrogen-bond acceptors (Lipinski definition) is 5. The molecule has 0 aromatic heterocycles. The van der Waals surface area contributed by atoms with Crippen molar-refractivity contribution in [3.05, 3.63) is 41.1 Å². The molecule has 2 aliphatic rings. The summed E-state index contributed by atoms with van der Waals surface area (Å²) in [4.78, 5) is 27.5. The fourth-order valence-corrected chi connectivity index (χ4v) is 3.71. The first-order valence-electron chi connectivity index (χ1n) is 9.85. The molecule has 1 aromatic carbocycles. The summed E-state index contributed by atoms with van der Waals surface area (Å²) in [6, 6.07) is 6.48. The highest BCUT2D eigenvalue weighted by atomic mass is 16.5. The maximum absolute atomic E-state index is 12.8. The maximum atomic E-state index is 12.8. The van der Waals surface area contributed by atoms with Gasteiger partial charge in [0.1, 0.15) is 5.75 Å². The summed E-state index contributed by atoms with van der Waals surface area (Å²) in [6.45, 7) is 6.73. The molecule has 1 aromatic rings. The number of urea groups is 1. The standard InChI is InChI=1S/C21H29N3O4/c1-4-28-20(25)18-17(13-24-10-8-14(2)9-11-24)22-21(26)23-19(18)15-6-5-7-16(12-15)27-3/h5-7,12,14,19H,4,8-11,13H2,1-3H3,(H2,22,23,26). The van der Waals surface area contributed by atoms with Crippen LogP contribution in [0.25, 0.3) is 0 Å². The van der Waals surface area contributed by atoms with E-state index in [0.717, 1.165) is 31.5 Å². The molecule has 2 heterocycles. The molecule has 0 aliphatic carbocycles. The van der Waals surface area contributed by atoms with E-state index in [9.17, 15) is 9.59 Å². The molecular formula is C21H29N3O4. The molecule has 1 saturated heterocycles. The second kappa shape index (κ2) is 9.10. The Morgan fingerprint density at radius 1 is 1.29 bits per heavy atom. The lowest BCUT2D eigenvalue weighted by Crippen LogP contribution is -2.49. The Bertz CT molecular complexity index is 754. The van der Waals surface area contributed by atoms with Crippen LogP contribution in [0.15, 0.2) is 35.5 Å². The summed E-state index contributed by atoms with van der Waals surface area (Å²) < 4.78 is 10.6. The number of amides is 2. The van der Waals surface area contributed by atoms with Gasteiger partial charge in [0, 0.05) is 12.2 Å². The molecule has 3 rings (SSSR count). The Morgan fingerprint density at radius 3 is 2.71 bits per heavy atom. The number of benzene rings is 1. The average molecular weight is 387 g/mol. The van der Waals surface area contributed by atoms with Crippen LogP contribution in [-0.2, 0) is 9.53 Å². The number of carbonyl (C=O) groups excluding carboxylic acids is 2. The van der Waals surface area contributed by atoms with E-state index in [1.54, 1.807) is 14.0 Å². The van der Waals surface area contributed by atoms with E-state index in [4.69, 9.17) is 9.47 Å². The number of hydrogen-bond donors (Lipinski definition) is 2. The fourth-order valence-electron chi connectivity index (χ4n) is 3.71. The van der Waals surface area contributed by atoms with E-state index in [1.165, 1.54) is 0 Å². The Kier molecular flexibility index (Phi) is 6.57. The van der Waals surface area contributed by atoms with E-state index in [1.807, 2.05) is 24.3 Å². The molecule has 1 fully saturated rings. The van der Waals surface area contributed by atoms with Gasteiger partial charge in [0.05, 0.1) is 25.3 Å². The number of nitrogens with zero attached hydrogens (tertiary/aromatic N) is 1. The van der Waals surface area contributed by atoms with Crippen LogP contribution in [0.4, 0.5) is 4.79 Å². The van der Waals surface area contributed by atoms with Crippen molar-refractivity contribution >= 4 is 12.0 Å². The van der Waals surface area contributed by atoms with E-state index >= 15 is 0 Å². The number of ether oxygens (including phenoxy) is 2. The van der Waals surface area contributed by atoms with Crippen LogP contribution >= 0.6 is 0 Å². The van der Waals surface area contributed by atoms with Gasteiger partial charge < -0.3 is 20.1 Å². The third-order valence-corrected chi connectivity index (χ3v) is 5.33. The lowest BCUT2D eigenvalue weighted by atomic mass is 9.94. The van der Waals surface area contributed by atoms with Gasteiger partial charge in [-0.2, -0.15) is 0 Å². The topological polar surface area (TPSA) is 79.9 Å². The number of carbonyl (C=O) groups is 2. The molecule has 0 radical (unpaired) electrons. The van der Waals surface area contributed by atoms with E-state index in [2.05, 4.69) is 22.5 Å². The molecule has 1 atom stereocenters. The van der Waals surface area contributed by atoms with Crippen molar-refractivity contribution < 1.29 is 19.1 Å². The molecule has 0 bridgehead atoms. The minimum Gasteiger partial charge on any atom is -0.497 e. The zero-order valence-corrected chi connectivity index (χ0v) is 16.8. The summed E-state index contributed by atoms with van der Waals surface area (Å²) >= 11 is 0. The molecule has 28 heavy (non-hydrogen) atoms. The number of nitrogens with one attached hydrogen (secondary N) is 2. The summed E-state index contributed by atoms with van der Waals surface area (Å²) in [7, 11) is 1.59. The van der Waals surface area contributed by atoms with E-state index < -0.39 is 12.0 Å². The normalized spacial score (nSPS) is 21.1. The molecule has 7 heteroatoms. The van der Waals surface area contributed by atoms with Crippen molar-refractivity contribution in [3.8, 4) is 5.75 Å². The minimum atomic E-state index is -0.582. The minimum absolute atomic E-state index is 0.273. The van der Waals surface area contributed by atoms with Gasteiger partial charge in [-0.05, 0) is 56.5 Å². The van der Waals surface area contributed by atoms with E-state index in [-0.39, 0.29) is 12.6 Å². The van der Waals surface area contributed by atoms with Crippen molar-refractivity contribution in [2.45, 2.75) is 32.7 Å². The summed E-state index contributed by atoms with van der Waals surface area (Å²) in [5.41, 5.74) is 1.85. The third kappa shape index (κ3) is 4.65. The van der Waals surface area contributed by atoms with Crippen LogP contribution in [0.1, 0.15) is 38.3 Å². The quantitative estimate of drug-likeness (QED) is 0.734. The lowest BCUT2D eigenvalue weighted by molar-refractivity contribution is -0.139. The molecule has 7 nitrogen and oxygen atoms in total. The van der Waals surface area contributed by atoms with Gasteiger partial charge in [0.15, 0.2) is 0 Å². The summed E-state index contributed by atoms with van der Waals surface area (Å²) in [5.74, 6) is 0.963. The second-order valence-electron chi connectivity index (χ2n) is 7.38. The van der Waals surface area contributed by atoms with Crippen LogP contribution in [0, 0.1) is 5.92 Å². The van der Waals surface area contributed by atoms with Gasteiger partial charge in [0.2, 0.25) is 0 Å². The Morgan fingerprint density at radius 2 is 2.04 bits per heavy atom. The van der Waals surface area contributed by atoms with Gasteiger partial charge in [-0.3, -0.25) is 4.90 Å². The molecule has 2 amide bonds. The number of likely N-dealkylation sites (tertiary alicyclic amines) is 1. The highest BCUT2D eigenvalue weighted by molar-refractivity contribution is 5.95. The van der Waals surface area contributed by atoms with Gasteiger partial charge in [-0.1, -0.05) is 19.1 Å². The first-order valence-corrected chi connectivity index (χ1v) is 9.85. The largest absolute Gasteiger partial charge is 0.497 e. The predicted molar refractivity (Wildman–Crippen MR) is 106 cm³/mol. The Labute approximate surface area is 166 Å². The van der Waals surface area contributed by atoms with Crippen LogP contribution < -0.4 is 15.4 Å². The Hall–Kier alpha value is -2.54. The van der Waals surface area contributed by atoms with Gasteiger partial charge in [-0.25, -0.2) is 9.59 Å². The molecule has 0 saturated carbocycles. The monoisotopic (exact) mass is 387 g/mol. The summed E-state index contributed by atoms with van der Waals surface area (Å²) in [5, 5.41) is 5.71. The summed E-state index contributed by atoms with van der Waals surface area (Å²) in [6.07, 6.45) is 2.24. The first-order chi connectivity index (χ1) is 13.5. The van der Waals surface area contributed by atoms with Crippen molar-refractivity contribution in [3.63, 3.8) is 0 Å². The molecule has 0 spiro atoms.